The summed E-state index contributed by atoms with van der Waals surface area (Å²) < 4.78 is 22.5. The summed E-state index contributed by atoms with van der Waals surface area (Å²) in [5, 5.41) is 12.6. The molecule has 1 atom stereocenters. The van der Waals surface area contributed by atoms with Gasteiger partial charge in [-0.2, -0.15) is 0 Å². The lowest BCUT2D eigenvalue weighted by Crippen LogP contribution is -2.05. The molecule has 4 aromatic rings. The van der Waals surface area contributed by atoms with Crippen LogP contribution in [-0.2, 0) is 13.2 Å². The van der Waals surface area contributed by atoms with E-state index in [9.17, 15) is 5.11 Å². The molecule has 0 saturated carbocycles. The van der Waals surface area contributed by atoms with E-state index in [1.54, 1.807) is 26.5 Å². The molecule has 33 heavy (non-hydrogen) atoms. The lowest BCUT2D eigenvalue weighted by atomic mass is 10.2. The molecule has 0 aliphatic carbocycles. The third-order valence-corrected chi connectivity index (χ3v) is 5.98. The van der Waals surface area contributed by atoms with Crippen LogP contribution < -0.4 is 18.9 Å². The molecule has 7 heteroatoms. The summed E-state index contributed by atoms with van der Waals surface area (Å²) in [7, 11) is 3.27. The molecule has 0 amide bonds. The lowest BCUT2D eigenvalue weighted by Gasteiger charge is -2.16. The minimum absolute atomic E-state index is 0.335. The summed E-state index contributed by atoms with van der Waals surface area (Å²) in [5.74, 6) is 2.59. The van der Waals surface area contributed by atoms with Gasteiger partial charge in [-0.1, -0.05) is 30.3 Å². The van der Waals surface area contributed by atoms with Crippen LogP contribution in [0.3, 0.4) is 0 Å². The highest BCUT2D eigenvalue weighted by molar-refractivity contribution is 7.10. The first kappa shape index (κ1) is 22.6. The molecular weight excluding hydrogens is 438 g/mol. The smallest absolute Gasteiger partial charge is 0.179 e. The van der Waals surface area contributed by atoms with E-state index in [4.69, 9.17) is 18.9 Å². The van der Waals surface area contributed by atoms with Crippen molar-refractivity contribution < 1.29 is 24.1 Å². The van der Waals surface area contributed by atoms with Gasteiger partial charge in [-0.05, 0) is 46.8 Å². The van der Waals surface area contributed by atoms with Gasteiger partial charge in [-0.15, -0.1) is 11.3 Å². The number of thiophene rings is 1. The number of hydrogen-bond donors (Lipinski definition) is 1. The van der Waals surface area contributed by atoms with Gasteiger partial charge in [0.05, 0.1) is 26.1 Å². The second-order valence-corrected chi connectivity index (χ2v) is 8.23. The van der Waals surface area contributed by atoms with Crippen LogP contribution in [0.1, 0.15) is 27.8 Å². The van der Waals surface area contributed by atoms with Crippen molar-refractivity contribution in [2.75, 3.05) is 14.2 Å². The molecule has 170 valence electrons. The first-order chi connectivity index (χ1) is 16.2. The monoisotopic (exact) mass is 463 g/mol. The largest absolute Gasteiger partial charge is 0.497 e. The molecule has 0 saturated heterocycles. The zero-order valence-corrected chi connectivity index (χ0v) is 19.2. The third-order valence-electron chi connectivity index (χ3n) is 5.05. The first-order valence-electron chi connectivity index (χ1n) is 10.4. The van der Waals surface area contributed by atoms with Crippen molar-refractivity contribution in [2.24, 2.45) is 0 Å². The van der Waals surface area contributed by atoms with Gasteiger partial charge >= 0.3 is 0 Å². The zero-order valence-electron chi connectivity index (χ0n) is 18.4. The Balaban J connectivity index is 1.53. The van der Waals surface area contributed by atoms with Gasteiger partial charge in [0.15, 0.2) is 11.5 Å². The van der Waals surface area contributed by atoms with Gasteiger partial charge in [-0.25, -0.2) is 0 Å². The van der Waals surface area contributed by atoms with E-state index >= 15 is 0 Å². The number of aromatic nitrogens is 1. The third kappa shape index (κ3) is 5.83. The number of aliphatic hydroxyl groups excluding tert-OH is 1. The Morgan fingerprint density at radius 2 is 1.39 bits per heavy atom. The minimum atomic E-state index is -0.830. The second-order valence-electron chi connectivity index (χ2n) is 7.25. The number of hydrogen-bond acceptors (Lipinski definition) is 7. The van der Waals surface area contributed by atoms with Crippen molar-refractivity contribution in [1.29, 1.82) is 0 Å². The van der Waals surface area contributed by atoms with Crippen LogP contribution in [0, 0.1) is 0 Å². The summed E-state index contributed by atoms with van der Waals surface area (Å²) >= 11 is 1.48. The van der Waals surface area contributed by atoms with E-state index in [1.165, 1.54) is 11.3 Å². The predicted octanol–water partition coefficient (Wildman–Crippen LogP) is 5.40. The summed E-state index contributed by atoms with van der Waals surface area (Å²) in [4.78, 5) is 5.24. The van der Waals surface area contributed by atoms with E-state index in [2.05, 4.69) is 4.98 Å². The molecular formula is C26H25NO5S. The van der Waals surface area contributed by atoms with Gasteiger partial charge in [0.1, 0.15) is 30.8 Å². The van der Waals surface area contributed by atoms with E-state index in [0.717, 1.165) is 27.5 Å². The quantitative estimate of drug-likeness (QED) is 0.340. The predicted molar refractivity (Wildman–Crippen MR) is 127 cm³/mol. The lowest BCUT2D eigenvalue weighted by molar-refractivity contribution is 0.215. The molecule has 2 aromatic heterocycles. The number of ether oxygens (including phenoxy) is 4. The zero-order chi connectivity index (χ0) is 23.0. The Kier molecular flexibility index (Phi) is 7.44. The molecule has 6 nitrogen and oxygen atoms in total. The van der Waals surface area contributed by atoms with Crippen molar-refractivity contribution in [3.63, 3.8) is 0 Å². The van der Waals surface area contributed by atoms with Crippen LogP contribution in [0.5, 0.6) is 23.0 Å². The Hall–Kier alpha value is -3.55. The summed E-state index contributed by atoms with van der Waals surface area (Å²) in [6, 6.07) is 20.8. The van der Waals surface area contributed by atoms with Crippen molar-refractivity contribution in [3.05, 3.63) is 100 Å². The first-order valence-corrected chi connectivity index (χ1v) is 11.3. The fourth-order valence-corrected chi connectivity index (χ4v) is 3.89. The van der Waals surface area contributed by atoms with Gasteiger partial charge in [0, 0.05) is 10.9 Å². The maximum atomic E-state index is 10.7. The highest BCUT2D eigenvalue weighted by atomic mass is 32.1. The van der Waals surface area contributed by atoms with Crippen molar-refractivity contribution in [1.82, 2.24) is 4.98 Å². The highest BCUT2D eigenvalue weighted by Gasteiger charge is 2.17. The standard InChI is InChI=1S/C26H25NO5S/c1-29-20-9-5-18(6-10-20)16-31-23-14-22(26(28)25-4-3-13-33-25)27-15-24(23)32-17-19-7-11-21(30-2)12-8-19/h3-15,26,28H,16-17H2,1-2H3. The van der Waals surface area contributed by atoms with E-state index in [1.807, 2.05) is 66.0 Å². The number of pyridine rings is 1. The molecule has 0 aliphatic heterocycles. The van der Waals surface area contributed by atoms with Crippen molar-refractivity contribution in [3.8, 4) is 23.0 Å². The average Bonchev–Trinajstić information content (AvgIpc) is 3.42. The molecule has 0 radical (unpaired) electrons. The highest BCUT2D eigenvalue weighted by Crippen LogP contribution is 2.33. The molecule has 1 N–H and O–H groups in total. The number of benzene rings is 2. The number of aliphatic hydroxyl groups is 1. The molecule has 1 unspecified atom stereocenters. The Morgan fingerprint density at radius 3 is 1.91 bits per heavy atom. The van der Waals surface area contributed by atoms with Crippen molar-refractivity contribution >= 4 is 11.3 Å². The molecule has 0 spiro atoms. The van der Waals surface area contributed by atoms with Gasteiger partial charge in [-0.3, -0.25) is 4.98 Å². The Labute approximate surface area is 197 Å². The fourth-order valence-electron chi connectivity index (χ4n) is 3.17. The molecule has 2 heterocycles. The van der Waals surface area contributed by atoms with Crippen LogP contribution in [0.25, 0.3) is 0 Å². The summed E-state index contributed by atoms with van der Waals surface area (Å²) in [6.07, 6.45) is 0.767. The van der Waals surface area contributed by atoms with Crippen LogP contribution in [0.15, 0.2) is 78.3 Å². The normalized spacial score (nSPS) is 11.6. The fraction of sp³-hybridized carbons (Fsp3) is 0.192. The molecule has 0 aliphatic rings. The van der Waals surface area contributed by atoms with Crippen LogP contribution in [-0.4, -0.2) is 24.3 Å². The van der Waals surface area contributed by atoms with Gasteiger partial charge in [0.25, 0.3) is 0 Å². The SMILES string of the molecule is COc1ccc(COc2cnc(C(O)c3cccs3)cc2OCc2ccc(OC)cc2)cc1. The maximum absolute atomic E-state index is 10.7. The maximum Gasteiger partial charge on any atom is 0.179 e. The number of nitrogens with zero attached hydrogens (tertiary/aromatic N) is 1. The second kappa shape index (κ2) is 10.8. The van der Waals surface area contributed by atoms with Crippen LogP contribution >= 0.6 is 11.3 Å². The van der Waals surface area contributed by atoms with E-state index in [0.29, 0.717) is 30.4 Å². The van der Waals surface area contributed by atoms with Crippen LogP contribution in [0.2, 0.25) is 0 Å². The summed E-state index contributed by atoms with van der Waals surface area (Å²) in [6.45, 7) is 0.679. The average molecular weight is 464 g/mol. The molecule has 4 rings (SSSR count). The number of rotatable bonds is 10. The van der Waals surface area contributed by atoms with Crippen molar-refractivity contribution in [2.45, 2.75) is 19.3 Å². The Morgan fingerprint density at radius 1 is 0.818 bits per heavy atom. The van der Waals surface area contributed by atoms with E-state index < -0.39 is 6.10 Å². The molecule has 2 aromatic carbocycles. The molecule has 0 bridgehead atoms. The van der Waals surface area contributed by atoms with Crippen LogP contribution in [0.4, 0.5) is 0 Å². The Bertz CT molecular complexity index is 1140. The molecule has 0 fully saturated rings. The minimum Gasteiger partial charge on any atom is -0.497 e. The van der Waals surface area contributed by atoms with Gasteiger partial charge < -0.3 is 24.1 Å². The number of methoxy groups -OCH3 is 2. The van der Waals surface area contributed by atoms with E-state index in [-0.39, 0.29) is 0 Å². The topological polar surface area (TPSA) is 70.0 Å². The summed E-state index contributed by atoms with van der Waals surface area (Å²) in [5.41, 5.74) is 2.47. The van der Waals surface area contributed by atoms with Gasteiger partial charge in [0.2, 0.25) is 0 Å².